The Hall–Kier alpha value is -0.980. The number of nitrogens with zero attached hydrogens (tertiary/aromatic N) is 2. The molecule has 1 fully saturated rings. The number of hydrogen-bond donors (Lipinski definition) is 0. The standard InChI is InChI=1S/C11H12F4N2S/c1-11(2)5-17(3-4-18-11)8-6(12)9(14)16-10(15)7(8)13/h3-5H2,1-2H3. The van der Waals surface area contributed by atoms with Crippen LogP contribution in [-0.4, -0.2) is 28.6 Å². The molecule has 0 bridgehead atoms. The van der Waals surface area contributed by atoms with Crippen LogP contribution in [0.15, 0.2) is 0 Å². The van der Waals surface area contributed by atoms with Gasteiger partial charge in [0.1, 0.15) is 5.69 Å². The zero-order valence-electron chi connectivity index (χ0n) is 9.94. The van der Waals surface area contributed by atoms with Crippen molar-refractivity contribution in [1.29, 1.82) is 0 Å². The second-order valence-electron chi connectivity index (χ2n) is 4.70. The third kappa shape index (κ3) is 2.41. The molecule has 2 rings (SSSR count). The maximum Gasteiger partial charge on any atom is 0.253 e. The van der Waals surface area contributed by atoms with E-state index >= 15 is 0 Å². The van der Waals surface area contributed by atoms with Crippen LogP contribution in [0.5, 0.6) is 0 Å². The molecule has 0 atom stereocenters. The van der Waals surface area contributed by atoms with Crippen molar-refractivity contribution in [3.05, 3.63) is 23.5 Å². The molecular formula is C11H12F4N2S. The van der Waals surface area contributed by atoms with Crippen LogP contribution in [0.2, 0.25) is 0 Å². The van der Waals surface area contributed by atoms with Crippen molar-refractivity contribution < 1.29 is 17.6 Å². The summed E-state index contributed by atoms with van der Waals surface area (Å²) in [5.41, 5.74) is -0.659. The van der Waals surface area contributed by atoms with Crippen LogP contribution in [0.4, 0.5) is 23.2 Å². The number of hydrogen-bond acceptors (Lipinski definition) is 3. The van der Waals surface area contributed by atoms with Crippen LogP contribution in [0.3, 0.4) is 0 Å². The minimum Gasteiger partial charge on any atom is -0.364 e. The van der Waals surface area contributed by atoms with Gasteiger partial charge in [0.2, 0.25) is 11.6 Å². The summed E-state index contributed by atoms with van der Waals surface area (Å²) in [6, 6.07) is 0. The Morgan fingerprint density at radius 3 is 2.17 bits per heavy atom. The van der Waals surface area contributed by atoms with Gasteiger partial charge in [0.15, 0.2) is 0 Å². The molecule has 0 saturated carbocycles. The quantitative estimate of drug-likeness (QED) is 0.581. The van der Waals surface area contributed by atoms with Crippen LogP contribution in [0.25, 0.3) is 0 Å². The van der Waals surface area contributed by atoms with Crippen LogP contribution in [-0.2, 0) is 0 Å². The van der Waals surface area contributed by atoms with Gasteiger partial charge >= 0.3 is 0 Å². The van der Waals surface area contributed by atoms with Gasteiger partial charge in [-0.3, -0.25) is 0 Å². The number of halogens is 4. The van der Waals surface area contributed by atoms with Crippen molar-refractivity contribution in [3.8, 4) is 0 Å². The third-order valence-corrected chi connectivity index (χ3v) is 4.01. The Morgan fingerprint density at radius 2 is 1.67 bits per heavy atom. The van der Waals surface area contributed by atoms with Gasteiger partial charge in [-0.25, -0.2) is 0 Å². The van der Waals surface area contributed by atoms with Crippen molar-refractivity contribution in [2.75, 3.05) is 23.7 Å². The average molecular weight is 280 g/mol. The van der Waals surface area contributed by atoms with Crippen molar-refractivity contribution in [3.63, 3.8) is 0 Å². The third-order valence-electron chi connectivity index (χ3n) is 2.72. The molecule has 1 aromatic rings. The van der Waals surface area contributed by atoms with Gasteiger partial charge in [-0.1, -0.05) is 0 Å². The van der Waals surface area contributed by atoms with E-state index in [0.29, 0.717) is 18.8 Å². The largest absolute Gasteiger partial charge is 0.364 e. The maximum atomic E-state index is 13.6. The minimum atomic E-state index is -1.61. The molecule has 1 aliphatic rings. The number of aromatic nitrogens is 1. The van der Waals surface area contributed by atoms with E-state index in [1.807, 2.05) is 13.8 Å². The van der Waals surface area contributed by atoms with Crippen LogP contribution in [0.1, 0.15) is 13.8 Å². The van der Waals surface area contributed by atoms with Gasteiger partial charge < -0.3 is 4.90 Å². The summed E-state index contributed by atoms with van der Waals surface area (Å²) in [5, 5.41) is 0. The lowest BCUT2D eigenvalue weighted by atomic mass is 10.1. The van der Waals surface area contributed by atoms with Gasteiger partial charge in [0.25, 0.3) is 11.9 Å². The second kappa shape index (κ2) is 4.60. The zero-order chi connectivity index (χ0) is 13.5. The van der Waals surface area contributed by atoms with Crippen molar-refractivity contribution in [2.45, 2.75) is 18.6 Å². The predicted molar refractivity (Wildman–Crippen MR) is 62.8 cm³/mol. The first-order valence-corrected chi connectivity index (χ1v) is 6.39. The SMILES string of the molecule is CC1(C)CN(c2c(F)c(F)nc(F)c2F)CCS1. The lowest BCUT2D eigenvalue weighted by Gasteiger charge is -2.38. The molecule has 0 N–H and O–H groups in total. The van der Waals surface area contributed by atoms with E-state index in [1.165, 1.54) is 4.90 Å². The number of rotatable bonds is 1. The molecular weight excluding hydrogens is 268 g/mol. The highest BCUT2D eigenvalue weighted by atomic mass is 32.2. The Kier molecular flexibility index (Phi) is 3.44. The first kappa shape index (κ1) is 13.5. The summed E-state index contributed by atoms with van der Waals surface area (Å²) in [4.78, 5) is 3.88. The van der Waals surface area contributed by atoms with Gasteiger partial charge in [-0.15, -0.1) is 0 Å². The van der Waals surface area contributed by atoms with Gasteiger partial charge in [0.05, 0.1) is 0 Å². The molecule has 1 aliphatic heterocycles. The Labute approximate surface area is 106 Å². The fourth-order valence-corrected chi connectivity index (χ4v) is 3.07. The molecule has 1 aromatic heterocycles. The molecule has 18 heavy (non-hydrogen) atoms. The highest BCUT2D eigenvalue weighted by molar-refractivity contribution is 8.00. The smallest absolute Gasteiger partial charge is 0.253 e. The number of anilines is 1. The molecule has 100 valence electrons. The van der Waals surface area contributed by atoms with E-state index in [4.69, 9.17) is 0 Å². The molecule has 7 heteroatoms. The monoisotopic (exact) mass is 280 g/mol. The second-order valence-corrected chi connectivity index (χ2v) is 6.50. The lowest BCUT2D eigenvalue weighted by Crippen LogP contribution is -2.44. The molecule has 0 aromatic carbocycles. The van der Waals surface area contributed by atoms with Crippen molar-refractivity contribution in [2.24, 2.45) is 0 Å². The summed E-state index contributed by atoms with van der Waals surface area (Å²) < 4.78 is 53.0. The molecule has 0 unspecified atom stereocenters. The van der Waals surface area contributed by atoms with Crippen LogP contribution in [0, 0.1) is 23.5 Å². The molecule has 2 nitrogen and oxygen atoms in total. The highest BCUT2D eigenvalue weighted by Crippen LogP contribution is 2.35. The van der Waals surface area contributed by atoms with Crippen molar-refractivity contribution in [1.82, 2.24) is 4.98 Å². The van der Waals surface area contributed by atoms with Crippen LogP contribution < -0.4 is 4.90 Å². The fraction of sp³-hybridized carbons (Fsp3) is 0.545. The van der Waals surface area contributed by atoms with E-state index in [9.17, 15) is 17.6 Å². The first-order chi connectivity index (χ1) is 8.32. The first-order valence-electron chi connectivity index (χ1n) is 5.41. The van der Waals surface area contributed by atoms with E-state index in [2.05, 4.69) is 4.98 Å². The Morgan fingerprint density at radius 1 is 1.11 bits per heavy atom. The minimum absolute atomic E-state index is 0.229. The molecule has 1 saturated heterocycles. The fourth-order valence-electron chi connectivity index (χ4n) is 1.96. The van der Waals surface area contributed by atoms with E-state index in [0.717, 1.165) is 0 Å². The Balaban J connectivity index is 2.44. The van der Waals surface area contributed by atoms with Gasteiger partial charge in [-0.2, -0.15) is 34.3 Å². The molecule has 2 heterocycles. The molecule has 0 radical (unpaired) electrons. The lowest BCUT2D eigenvalue weighted by molar-refractivity contribution is 0.404. The average Bonchev–Trinajstić information content (AvgIpc) is 2.25. The van der Waals surface area contributed by atoms with Gasteiger partial charge in [0, 0.05) is 23.6 Å². The van der Waals surface area contributed by atoms with Crippen molar-refractivity contribution >= 4 is 17.4 Å². The topological polar surface area (TPSA) is 16.1 Å². The normalized spacial score (nSPS) is 19.1. The number of pyridine rings is 1. The van der Waals surface area contributed by atoms with E-state index in [1.54, 1.807) is 11.8 Å². The summed E-state index contributed by atoms with van der Waals surface area (Å²) in [6.07, 6.45) is 0. The zero-order valence-corrected chi connectivity index (χ0v) is 10.8. The highest BCUT2D eigenvalue weighted by Gasteiger charge is 2.32. The Bertz CT molecular complexity index is 452. The summed E-state index contributed by atoms with van der Waals surface area (Å²) in [6.45, 7) is 4.47. The molecule has 0 amide bonds. The van der Waals surface area contributed by atoms with Crippen LogP contribution >= 0.6 is 11.8 Å². The van der Waals surface area contributed by atoms with E-state index in [-0.39, 0.29) is 4.75 Å². The summed E-state index contributed by atoms with van der Waals surface area (Å²) >= 11 is 1.65. The maximum absolute atomic E-state index is 13.6. The molecule has 0 aliphatic carbocycles. The summed E-state index contributed by atoms with van der Waals surface area (Å²) in [7, 11) is 0. The summed E-state index contributed by atoms with van der Waals surface area (Å²) in [5.74, 6) is -5.45. The van der Waals surface area contributed by atoms with E-state index < -0.39 is 29.2 Å². The van der Waals surface area contributed by atoms with Gasteiger partial charge in [-0.05, 0) is 13.8 Å². The molecule has 0 spiro atoms. The number of thioether (sulfide) groups is 1. The predicted octanol–water partition coefficient (Wildman–Crippen LogP) is 2.97.